The number of amides is 1. The van der Waals surface area contributed by atoms with Crippen LogP contribution in [0.1, 0.15) is 21.8 Å². The molecular weight excluding hydrogens is 342 g/mol. The third kappa shape index (κ3) is 4.64. The lowest BCUT2D eigenvalue weighted by Gasteiger charge is -1.98. The predicted octanol–water partition coefficient (Wildman–Crippen LogP) is 1.98. The van der Waals surface area contributed by atoms with Gasteiger partial charge in [-0.2, -0.15) is 5.10 Å². The standard InChI is InChI=1S/C16H13N5O3S/c1-10-8-13(22)20-16(19-10)25-14-3-2-12(24-14)9-18-21-15(23)11-4-6-17-7-5-11/h2-9H,1H3,(H,21,23)(H,19,20,22)/b18-9-. The van der Waals surface area contributed by atoms with Gasteiger partial charge in [-0.05, 0) is 43.0 Å². The highest BCUT2D eigenvalue weighted by molar-refractivity contribution is 7.99. The molecule has 3 aromatic heterocycles. The number of pyridine rings is 1. The fourth-order valence-corrected chi connectivity index (χ4v) is 2.68. The van der Waals surface area contributed by atoms with Crippen LogP contribution in [0.4, 0.5) is 0 Å². The monoisotopic (exact) mass is 355 g/mol. The number of aromatic amines is 1. The van der Waals surface area contributed by atoms with E-state index < -0.39 is 0 Å². The maximum Gasteiger partial charge on any atom is 0.271 e. The first-order valence-electron chi connectivity index (χ1n) is 7.19. The van der Waals surface area contributed by atoms with Gasteiger partial charge in [-0.3, -0.25) is 14.6 Å². The van der Waals surface area contributed by atoms with Gasteiger partial charge in [0.15, 0.2) is 10.2 Å². The van der Waals surface area contributed by atoms with Gasteiger partial charge in [0.25, 0.3) is 11.5 Å². The molecule has 2 N–H and O–H groups in total. The van der Waals surface area contributed by atoms with Crippen LogP contribution in [0.2, 0.25) is 0 Å². The van der Waals surface area contributed by atoms with Crippen LogP contribution in [-0.4, -0.2) is 27.1 Å². The van der Waals surface area contributed by atoms with Crippen molar-refractivity contribution in [2.24, 2.45) is 5.10 Å². The number of nitrogens with zero attached hydrogens (tertiary/aromatic N) is 3. The Bertz CT molecular complexity index is 965. The maximum absolute atomic E-state index is 11.8. The summed E-state index contributed by atoms with van der Waals surface area (Å²) in [6.45, 7) is 1.74. The molecule has 0 aliphatic carbocycles. The van der Waals surface area contributed by atoms with Gasteiger partial charge in [0.05, 0.1) is 6.21 Å². The third-order valence-electron chi connectivity index (χ3n) is 2.95. The molecule has 0 aromatic carbocycles. The van der Waals surface area contributed by atoms with Gasteiger partial charge < -0.3 is 9.40 Å². The van der Waals surface area contributed by atoms with Crippen molar-refractivity contribution in [1.29, 1.82) is 0 Å². The highest BCUT2D eigenvalue weighted by Gasteiger charge is 2.06. The summed E-state index contributed by atoms with van der Waals surface area (Å²) in [4.78, 5) is 33.9. The first kappa shape index (κ1) is 16.7. The van der Waals surface area contributed by atoms with Crippen LogP contribution in [0.3, 0.4) is 0 Å². The van der Waals surface area contributed by atoms with Gasteiger partial charge >= 0.3 is 0 Å². The van der Waals surface area contributed by atoms with E-state index in [0.29, 0.717) is 27.3 Å². The summed E-state index contributed by atoms with van der Waals surface area (Å²) in [6, 6.07) is 8.00. The molecule has 0 spiro atoms. The van der Waals surface area contributed by atoms with Crippen molar-refractivity contribution in [3.63, 3.8) is 0 Å². The van der Waals surface area contributed by atoms with Crippen molar-refractivity contribution in [3.8, 4) is 0 Å². The number of furan rings is 1. The molecule has 3 rings (SSSR count). The molecule has 0 bridgehead atoms. The number of aryl methyl sites for hydroxylation is 1. The molecule has 126 valence electrons. The number of nitrogens with one attached hydrogen (secondary N) is 2. The molecule has 0 atom stereocenters. The number of carbonyl (C=O) groups excluding carboxylic acids is 1. The largest absolute Gasteiger partial charge is 0.448 e. The average Bonchev–Trinajstić information content (AvgIpc) is 3.02. The van der Waals surface area contributed by atoms with Gasteiger partial charge in [0, 0.05) is 29.7 Å². The van der Waals surface area contributed by atoms with E-state index in [4.69, 9.17) is 4.42 Å². The Morgan fingerprint density at radius 1 is 1.32 bits per heavy atom. The second kappa shape index (κ2) is 7.58. The summed E-state index contributed by atoms with van der Waals surface area (Å²) < 4.78 is 5.55. The van der Waals surface area contributed by atoms with Crippen molar-refractivity contribution in [2.75, 3.05) is 0 Å². The first-order chi connectivity index (χ1) is 12.1. The third-order valence-corrected chi connectivity index (χ3v) is 3.76. The maximum atomic E-state index is 11.8. The molecule has 0 fully saturated rings. The molecule has 3 heterocycles. The molecule has 0 aliphatic heterocycles. The van der Waals surface area contributed by atoms with E-state index in [9.17, 15) is 9.59 Å². The van der Waals surface area contributed by atoms with E-state index in [0.717, 1.165) is 0 Å². The molecule has 0 unspecified atom stereocenters. The van der Waals surface area contributed by atoms with Crippen LogP contribution < -0.4 is 11.0 Å². The lowest BCUT2D eigenvalue weighted by Crippen LogP contribution is -2.17. The fraction of sp³-hybridized carbons (Fsp3) is 0.0625. The number of hydrogen-bond acceptors (Lipinski definition) is 7. The van der Waals surface area contributed by atoms with E-state index in [1.807, 2.05) is 0 Å². The van der Waals surface area contributed by atoms with Crippen LogP contribution in [0, 0.1) is 6.92 Å². The molecule has 3 aromatic rings. The highest BCUT2D eigenvalue weighted by Crippen LogP contribution is 2.25. The zero-order valence-corrected chi connectivity index (χ0v) is 13.9. The van der Waals surface area contributed by atoms with Crippen molar-refractivity contribution in [1.82, 2.24) is 20.4 Å². The van der Waals surface area contributed by atoms with Crippen LogP contribution in [0.25, 0.3) is 0 Å². The molecular formula is C16H13N5O3S. The Morgan fingerprint density at radius 2 is 2.12 bits per heavy atom. The van der Waals surface area contributed by atoms with Crippen LogP contribution >= 0.6 is 11.8 Å². The molecule has 8 nitrogen and oxygen atoms in total. The van der Waals surface area contributed by atoms with E-state index in [2.05, 4.69) is 25.5 Å². The number of aromatic nitrogens is 3. The Hall–Kier alpha value is -3.20. The zero-order chi connectivity index (χ0) is 17.6. The molecule has 0 saturated heterocycles. The Labute approximate surface area is 146 Å². The first-order valence-corrected chi connectivity index (χ1v) is 8.01. The predicted molar refractivity (Wildman–Crippen MR) is 91.7 cm³/mol. The Kier molecular flexibility index (Phi) is 5.05. The molecule has 25 heavy (non-hydrogen) atoms. The minimum Gasteiger partial charge on any atom is -0.448 e. The van der Waals surface area contributed by atoms with E-state index in [-0.39, 0.29) is 11.5 Å². The molecule has 0 aliphatic rings. The topological polar surface area (TPSA) is 113 Å². The summed E-state index contributed by atoms with van der Waals surface area (Å²) in [5.41, 5.74) is 3.26. The fourth-order valence-electron chi connectivity index (χ4n) is 1.88. The lowest BCUT2D eigenvalue weighted by atomic mass is 10.3. The van der Waals surface area contributed by atoms with Crippen LogP contribution in [0.15, 0.2) is 67.3 Å². The van der Waals surface area contributed by atoms with Gasteiger partial charge in [0.1, 0.15) is 5.76 Å². The van der Waals surface area contributed by atoms with Crippen molar-refractivity contribution < 1.29 is 9.21 Å². The smallest absolute Gasteiger partial charge is 0.271 e. The molecule has 0 radical (unpaired) electrons. The zero-order valence-electron chi connectivity index (χ0n) is 13.1. The number of H-pyrrole nitrogens is 1. The van der Waals surface area contributed by atoms with E-state index in [1.54, 1.807) is 31.2 Å². The number of hydrogen-bond donors (Lipinski definition) is 2. The summed E-state index contributed by atoms with van der Waals surface area (Å²) in [7, 11) is 0. The summed E-state index contributed by atoms with van der Waals surface area (Å²) in [5.74, 6) is 0.105. The summed E-state index contributed by atoms with van der Waals surface area (Å²) in [6.07, 6.45) is 4.44. The SMILES string of the molecule is Cc1cc(=O)[nH]c(Sc2ccc(/C=N\NC(=O)c3ccncc3)o2)n1. The lowest BCUT2D eigenvalue weighted by molar-refractivity contribution is 0.0955. The highest BCUT2D eigenvalue weighted by atomic mass is 32.2. The van der Waals surface area contributed by atoms with Gasteiger partial charge in [-0.1, -0.05) is 0 Å². The molecule has 0 saturated carbocycles. The second-order valence-corrected chi connectivity index (χ2v) is 5.88. The number of rotatable bonds is 5. The van der Waals surface area contributed by atoms with Crippen molar-refractivity contribution in [3.05, 3.63) is 70.1 Å². The quantitative estimate of drug-likeness (QED) is 0.411. The summed E-state index contributed by atoms with van der Waals surface area (Å²) in [5, 5.41) is 4.82. The van der Waals surface area contributed by atoms with E-state index >= 15 is 0 Å². The van der Waals surface area contributed by atoms with Crippen LogP contribution in [0.5, 0.6) is 0 Å². The Balaban J connectivity index is 1.61. The van der Waals surface area contributed by atoms with Crippen molar-refractivity contribution >= 4 is 23.9 Å². The second-order valence-electron chi connectivity index (χ2n) is 4.89. The minimum atomic E-state index is -0.346. The minimum absolute atomic E-state index is 0.220. The number of carbonyl (C=O) groups is 1. The molecule has 9 heteroatoms. The Morgan fingerprint density at radius 3 is 2.88 bits per heavy atom. The van der Waals surface area contributed by atoms with Gasteiger partial charge in [-0.15, -0.1) is 0 Å². The van der Waals surface area contributed by atoms with Crippen molar-refractivity contribution in [2.45, 2.75) is 17.2 Å². The van der Waals surface area contributed by atoms with Gasteiger partial charge in [0.2, 0.25) is 0 Å². The van der Waals surface area contributed by atoms with E-state index in [1.165, 1.54) is 36.4 Å². The number of hydrazone groups is 1. The molecule has 1 amide bonds. The van der Waals surface area contributed by atoms with Gasteiger partial charge in [-0.25, -0.2) is 10.4 Å². The normalized spacial score (nSPS) is 10.9. The average molecular weight is 355 g/mol. The summed E-state index contributed by atoms with van der Waals surface area (Å²) >= 11 is 1.18. The van der Waals surface area contributed by atoms with Crippen LogP contribution in [-0.2, 0) is 0 Å².